The molecule has 0 aromatic heterocycles. The van der Waals surface area contributed by atoms with Crippen molar-refractivity contribution in [1.29, 1.82) is 0 Å². The Morgan fingerprint density at radius 2 is 2.22 bits per heavy atom. The third kappa shape index (κ3) is 5.12. The Morgan fingerprint density at radius 3 is 2.56 bits per heavy atom. The number of rotatable bonds is 4. The number of hydrogen-bond donors (Lipinski definition) is 1. The molecule has 0 amide bonds. The van der Waals surface area contributed by atoms with Crippen LogP contribution >= 0.6 is 27.5 Å². The van der Waals surface area contributed by atoms with Crippen LogP contribution in [0.25, 0.3) is 0 Å². The molecular formula is C5H9BrClFO. The fraction of sp³-hybridized carbons (Fsp3) is 1.00. The smallest absolute Gasteiger partial charge is 0.112 e. The molecule has 0 radical (unpaired) electrons. The number of hydrogen-bond acceptors (Lipinski definition) is 1. The van der Waals surface area contributed by atoms with Gasteiger partial charge in [0.1, 0.15) is 6.17 Å². The van der Waals surface area contributed by atoms with Crippen molar-refractivity contribution in [3.63, 3.8) is 0 Å². The molecule has 2 unspecified atom stereocenters. The van der Waals surface area contributed by atoms with Crippen molar-refractivity contribution in [3.8, 4) is 0 Å². The van der Waals surface area contributed by atoms with Gasteiger partial charge in [-0.2, -0.15) is 0 Å². The summed E-state index contributed by atoms with van der Waals surface area (Å²) in [7, 11) is 0. The highest BCUT2D eigenvalue weighted by Crippen LogP contribution is 2.06. The number of aliphatic hydroxyl groups excluding tert-OH is 1. The highest BCUT2D eigenvalue weighted by atomic mass is 79.9. The largest absolute Gasteiger partial charge is 0.392 e. The summed E-state index contributed by atoms with van der Waals surface area (Å²) in [4.78, 5) is 0. The van der Waals surface area contributed by atoms with Crippen molar-refractivity contribution >= 4 is 27.5 Å². The van der Waals surface area contributed by atoms with Crippen molar-refractivity contribution in [1.82, 2.24) is 0 Å². The molecule has 0 spiro atoms. The minimum Gasteiger partial charge on any atom is -0.392 e. The summed E-state index contributed by atoms with van der Waals surface area (Å²) >= 11 is 8.16. The molecule has 0 aliphatic rings. The summed E-state index contributed by atoms with van der Waals surface area (Å²) in [5.41, 5.74) is 0. The lowest BCUT2D eigenvalue weighted by molar-refractivity contribution is 0.152. The average Bonchev–Trinajstić information content (AvgIpc) is 1.87. The number of alkyl halides is 3. The van der Waals surface area contributed by atoms with Gasteiger partial charge in [0.2, 0.25) is 0 Å². The van der Waals surface area contributed by atoms with Gasteiger partial charge in [0, 0.05) is 17.6 Å². The average molecular weight is 219 g/mol. The molecule has 0 aliphatic heterocycles. The first-order valence-electron chi connectivity index (χ1n) is 2.64. The summed E-state index contributed by atoms with van der Waals surface area (Å²) in [5, 5.41) is 9.03. The van der Waals surface area contributed by atoms with Crippen LogP contribution in [0, 0.1) is 0 Å². The second-order valence-corrected chi connectivity index (χ2v) is 2.75. The van der Waals surface area contributed by atoms with E-state index >= 15 is 0 Å². The van der Waals surface area contributed by atoms with Crippen molar-refractivity contribution in [2.45, 2.75) is 18.7 Å². The second kappa shape index (κ2) is 5.45. The summed E-state index contributed by atoms with van der Waals surface area (Å²) in [6.45, 7) is 0. The first-order valence-corrected chi connectivity index (χ1v) is 4.30. The topological polar surface area (TPSA) is 20.2 Å². The van der Waals surface area contributed by atoms with E-state index in [0.717, 1.165) is 0 Å². The summed E-state index contributed by atoms with van der Waals surface area (Å²) in [5.74, 6) is 0.105. The zero-order chi connectivity index (χ0) is 7.28. The van der Waals surface area contributed by atoms with Crippen molar-refractivity contribution < 1.29 is 9.50 Å². The fourth-order valence-corrected chi connectivity index (χ4v) is 0.812. The van der Waals surface area contributed by atoms with Gasteiger partial charge in [-0.05, 0) is 0 Å². The normalized spacial score (nSPS) is 17.3. The van der Waals surface area contributed by atoms with Gasteiger partial charge in [0.15, 0.2) is 0 Å². The Balaban J connectivity index is 3.22. The maximum Gasteiger partial charge on any atom is 0.112 e. The van der Waals surface area contributed by atoms with Gasteiger partial charge in [0.25, 0.3) is 0 Å². The van der Waals surface area contributed by atoms with Crippen LogP contribution in [-0.2, 0) is 0 Å². The van der Waals surface area contributed by atoms with Gasteiger partial charge in [0.05, 0.1) is 6.10 Å². The number of aliphatic hydroxyl groups is 1. The highest BCUT2D eigenvalue weighted by molar-refractivity contribution is 9.09. The lowest BCUT2D eigenvalue weighted by Gasteiger charge is -2.07. The lowest BCUT2D eigenvalue weighted by atomic mass is 10.2. The molecule has 9 heavy (non-hydrogen) atoms. The Kier molecular flexibility index (Phi) is 5.84. The molecule has 56 valence electrons. The van der Waals surface area contributed by atoms with E-state index in [9.17, 15) is 4.39 Å². The minimum atomic E-state index is -0.987. The summed E-state index contributed by atoms with van der Waals surface area (Å²) in [6.07, 6.45) is -1.58. The Hall–Kier alpha value is 0.660. The molecule has 2 atom stereocenters. The van der Waals surface area contributed by atoms with Crippen molar-refractivity contribution in [2.24, 2.45) is 0 Å². The molecule has 4 heteroatoms. The van der Waals surface area contributed by atoms with E-state index in [2.05, 4.69) is 15.9 Å². The van der Waals surface area contributed by atoms with Gasteiger partial charge >= 0.3 is 0 Å². The molecule has 1 nitrogen and oxygen atoms in total. The maximum absolute atomic E-state index is 12.3. The zero-order valence-electron chi connectivity index (χ0n) is 4.86. The maximum atomic E-state index is 12.3. The van der Waals surface area contributed by atoms with Crippen LogP contribution in [-0.4, -0.2) is 28.6 Å². The standard InChI is InChI=1S/C5H9BrClFO/c6-2-4(8)1-5(9)3-7/h4-5,9H,1-3H2. The third-order valence-electron chi connectivity index (χ3n) is 0.873. The molecule has 0 rings (SSSR count). The van der Waals surface area contributed by atoms with E-state index in [1.165, 1.54) is 0 Å². The Labute approximate surface area is 67.3 Å². The van der Waals surface area contributed by atoms with Gasteiger partial charge in [-0.3, -0.25) is 0 Å². The molecule has 0 aliphatic carbocycles. The highest BCUT2D eigenvalue weighted by Gasteiger charge is 2.10. The number of halogens is 3. The SMILES string of the molecule is OC(CCl)CC(F)CBr. The molecule has 0 heterocycles. The summed E-state index contributed by atoms with van der Waals surface area (Å²) < 4.78 is 12.3. The fourth-order valence-electron chi connectivity index (χ4n) is 0.421. The van der Waals surface area contributed by atoms with E-state index in [-0.39, 0.29) is 17.6 Å². The molecule has 1 N–H and O–H groups in total. The molecule has 0 fully saturated rings. The van der Waals surface area contributed by atoms with Gasteiger partial charge in [-0.25, -0.2) is 4.39 Å². The second-order valence-electron chi connectivity index (χ2n) is 1.80. The van der Waals surface area contributed by atoms with Crippen molar-refractivity contribution in [2.75, 3.05) is 11.2 Å². The van der Waals surface area contributed by atoms with Crippen LogP contribution in [0.15, 0.2) is 0 Å². The van der Waals surface area contributed by atoms with Crippen LogP contribution in [0.3, 0.4) is 0 Å². The molecule has 0 aromatic rings. The van der Waals surface area contributed by atoms with Gasteiger partial charge in [-0.15, -0.1) is 11.6 Å². The van der Waals surface area contributed by atoms with E-state index in [0.29, 0.717) is 0 Å². The Morgan fingerprint density at radius 1 is 1.67 bits per heavy atom. The van der Waals surface area contributed by atoms with Crippen LogP contribution in [0.5, 0.6) is 0 Å². The van der Waals surface area contributed by atoms with Crippen LogP contribution in [0.1, 0.15) is 6.42 Å². The van der Waals surface area contributed by atoms with Crippen LogP contribution < -0.4 is 0 Å². The van der Waals surface area contributed by atoms with E-state index in [4.69, 9.17) is 16.7 Å². The molecule has 0 bridgehead atoms. The molecule has 0 aromatic carbocycles. The summed E-state index contributed by atoms with van der Waals surface area (Å²) in [6, 6.07) is 0. The first kappa shape index (κ1) is 9.66. The Bertz CT molecular complexity index is 66.0. The predicted octanol–water partition coefficient (Wildman–Crippen LogP) is 1.71. The van der Waals surface area contributed by atoms with E-state index < -0.39 is 12.3 Å². The molecular weight excluding hydrogens is 210 g/mol. The van der Waals surface area contributed by atoms with Crippen LogP contribution in [0.2, 0.25) is 0 Å². The molecule has 0 saturated heterocycles. The monoisotopic (exact) mass is 218 g/mol. The first-order chi connectivity index (χ1) is 4.20. The van der Waals surface area contributed by atoms with E-state index in [1.54, 1.807) is 0 Å². The third-order valence-corrected chi connectivity index (χ3v) is 1.93. The predicted molar refractivity (Wildman–Crippen MR) is 40.0 cm³/mol. The van der Waals surface area contributed by atoms with Crippen molar-refractivity contribution in [3.05, 3.63) is 0 Å². The quantitative estimate of drug-likeness (QED) is 0.714. The van der Waals surface area contributed by atoms with E-state index in [1.807, 2.05) is 0 Å². The van der Waals surface area contributed by atoms with Gasteiger partial charge in [-0.1, -0.05) is 15.9 Å². The van der Waals surface area contributed by atoms with Gasteiger partial charge < -0.3 is 5.11 Å². The van der Waals surface area contributed by atoms with Crippen LogP contribution in [0.4, 0.5) is 4.39 Å². The minimum absolute atomic E-state index is 0.105. The molecule has 0 saturated carbocycles. The lowest BCUT2D eigenvalue weighted by Crippen LogP contribution is -2.16. The zero-order valence-corrected chi connectivity index (χ0v) is 7.20.